The van der Waals surface area contributed by atoms with Gasteiger partial charge in [-0.1, -0.05) is 6.07 Å². The van der Waals surface area contributed by atoms with Crippen LogP contribution in [0, 0.1) is 5.82 Å². The molecule has 146 valence electrons. The molecule has 2 rings (SSSR count). The molecule has 0 radical (unpaired) electrons. The van der Waals surface area contributed by atoms with Gasteiger partial charge < -0.3 is 5.32 Å². The lowest BCUT2D eigenvalue weighted by Gasteiger charge is -2.36. The first-order chi connectivity index (χ1) is 11.9. The van der Waals surface area contributed by atoms with E-state index >= 15 is 0 Å². The molecule has 1 unspecified atom stereocenters. The van der Waals surface area contributed by atoms with Crippen LogP contribution in [-0.4, -0.2) is 36.5 Å². The number of rotatable bonds is 4. The molecular weight excluding hydrogens is 376 g/mol. The summed E-state index contributed by atoms with van der Waals surface area (Å²) < 4.78 is 77.6. The maximum atomic E-state index is 13.1. The van der Waals surface area contributed by atoms with E-state index in [1.54, 1.807) is 13.8 Å². The standard InChI is InChI=1S/C16H20F4N2O3S/c1-10(2)22-14(4-3-7-26(22,24)25)15(23)21-9-11-5-6-12(17)8-13(11)16(18,19)20/h5-6,8,10,14H,3-4,7,9H2,1-2H3,(H,21,23). The van der Waals surface area contributed by atoms with Crippen LogP contribution in [0.25, 0.3) is 0 Å². The number of sulfonamides is 1. The van der Waals surface area contributed by atoms with E-state index in [1.165, 1.54) is 0 Å². The van der Waals surface area contributed by atoms with Crippen LogP contribution in [0.2, 0.25) is 0 Å². The molecule has 5 nitrogen and oxygen atoms in total. The molecule has 1 aromatic carbocycles. The minimum Gasteiger partial charge on any atom is -0.351 e. The highest BCUT2D eigenvalue weighted by Crippen LogP contribution is 2.32. The monoisotopic (exact) mass is 396 g/mol. The van der Waals surface area contributed by atoms with Crippen molar-refractivity contribution in [1.82, 2.24) is 9.62 Å². The van der Waals surface area contributed by atoms with Gasteiger partial charge in [-0.2, -0.15) is 17.5 Å². The number of nitrogens with one attached hydrogen (secondary N) is 1. The van der Waals surface area contributed by atoms with Gasteiger partial charge in [0.25, 0.3) is 0 Å². The predicted octanol–water partition coefficient (Wildman–Crippen LogP) is 2.66. The smallest absolute Gasteiger partial charge is 0.351 e. The van der Waals surface area contributed by atoms with E-state index in [0.29, 0.717) is 18.9 Å². The van der Waals surface area contributed by atoms with Gasteiger partial charge in [-0.15, -0.1) is 0 Å². The summed E-state index contributed by atoms with van der Waals surface area (Å²) in [5.74, 6) is -1.76. The van der Waals surface area contributed by atoms with Crippen molar-refractivity contribution in [2.75, 3.05) is 5.75 Å². The van der Waals surface area contributed by atoms with E-state index < -0.39 is 52.1 Å². The van der Waals surface area contributed by atoms with E-state index in [-0.39, 0.29) is 11.3 Å². The molecule has 1 amide bonds. The lowest BCUT2D eigenvalue weighted by atomic mass is 10.1. The molecule has 1 saturated heterocycles. The van der Waals surface area contributed by atoms with Crippen molar-refractivity contribution in [3.05, 3.63) is 35.1 Å². The third-order valence-corrected chi connectivity index (χ3v) is 6.27. The number of hydrogen-bond acceptors (Lipinski definition) is 3. The zero-order valence-electron chi connectivity index (χ0n) is 14.3. The lowest BCUT2D eigenvalue weighted by Crippen LogP contribution is -2.55. The van der Waals surface area contributed by atoms with Crippen LogP contribution in [0.3, 0.4) is 0 Å². The van der Waals surface area contributed by atoms with E-state index in [2.05, 4.69) is 5.32 Å². The van der Waals surface area contributed by atoms with Crippen LogP contribution in [0.5, 0.6) is 0 Å². The van der Waals surface area contributed by atoms with Crippen molar-refractivity contribution >= 4 is 15.9 Å². The Kier molecular flexibility index (Phi) is 5.96. The second kappa shape index (κ2) is 7.51. The SMILES string of the molecule is CC(C)N1C(C(=O)NCc2ccc(F)cc2C(F)(F)F)CCCS1(=O)=O. The van der Waals surface area contributed by atoms with E-state index in [1.807, 2.05) is 0 Å². The molecule has 1 aromatic rings. The third kappa shape index (κ3) is 4.53. The van der Waals surface area contributed by atoms with Crippen molar-refractivity contribution in [3.63, 3.8) is 0 Å². The van der Waals surface area contributed by atoms with Gasteiger partial charge in [0.15, 0.2) is 0 Å². The summed E-state index contributed by atoms with van der Waals surface area (Å²) in [6.07, 6.45) is -4.17. The number of alkyl halides is 3. The maximum Gasteiger partial charge on any atom is 0.416 e. The molecule has 0 aromatic heterocycles. The van der Waals surface area contributed by atoms with Crippen LogP contribution in [-0.2, 0) is 27.5 Å². The molecule has 10 heteroatoms. The van der Waals surface area contributed by atoms with Crippen LogP contribution in [0.1, 0.15) is 37.8 Å². The second-order valence-electron chi connectivity index (χ2n) is 6.41. The normalized spacial score (nSPS) is 21.0. The molecule has 26 heavy (non-hydrogen) atoms. The molecule has 1 heterocycles. The number of halogens is 4. The average molecular weight is 396 g/mol. The number of carbonyl (C=O) groups excluding carboxylic acids is 1. The fourth-order valence-electron chi connectivity index (χ4n) is 3.08. The fraction of sp³-hybridized carbons (Fsp3) is 0.562. The summed E-state index contributed by atoms with van der Waals surface area (Å²) in [6, 6.07) is 0.780. The van der Waals surface area contributed by atoms with Crippen molar-refractivity contribution in [3.8, 4) is 0 Å². The molecule has 0 saturated carbocycles. The summed E-state index contributed by atoms with van der Waals surface area (Å²) in [7, 11) is -3.59. The van der Waals surface area contributed by atoms with E-state index in [9.17, 15) is 30.8 Å². The molecule has 1 fully saturated rings. The Morgan fingerprint density at radius 2 is 2.00 bits per heavy atom. The van der Waals surface area contributed by atoms with Gasteiger partial charge in [0.1, 0.15) is 11.9 Å². The van der Waals surface area contributed by atoms with Crippen LogP contribution in [0.4, 0.5) is 17.6 Å². The summed E-state index contributed by atoms with van der Waals surface area (Å²) in [4.78, 5) is 12.4. The molecule has 0 bridgehead atoms. The molecule has 0 aliphatic carbocycles. The Labute approximate surface area is 149 Å². The Morgan fingerprint density at radius 3 is 2.58 bits per heavy atom. The molecule has 0 spiro atoms. The quantitative estimate of drug-likeness (QED) is 0.796. The number of benzene rings is 1. The molecule has 1 aliphatic rings. The number of hydrogen-bond donors (Lipinski definition) is 1. The highest BCUT2D eigenvalue weighted by molar-refractivity contribution is 7.89. The lowest BCUT2D eigenvalue weighted by molar-refractivity contribution is -0.138. The average Bonchev–Trinajstić information content (AvgIpc) is 2.50. The Morgan fingerprint density at radius 1 is 1.35 bits per heavy atom. The minimum atomic E-state index is -4.76. The summed E-state index contributed by atoms with van der Waals surface area (Å²) >= 11 is 0. The van der Waals surface area contributed by atoms with Gasteiger partial charge in [-0.05, 0) is 44.4 Å². The second-order valence-corrected chi connectivity index (χ2v) is 8.41. The predicted molar refractivity (Wildman–Crippen MR) is 87.0 cm³/mol. The van der Waals surface area contributed by atoms with Crippen molar-refractivity contribution in [1.29, 1.82) is 0 Å². The van der Waals surface area contributed by atoms with Gasteiger partial charge in [-0.3, -0.25) is 4.79 Å². The van der Waals surface area contributed by atoms with Crippen LogP contribution < -0.4 is 5.32 Å². The van der Waals surface area contributed by atoms with Crippen LogP contribution in [0.15, 0.2) is 18.2 Å². The molecule has 1 N–H and O–H groups in total. The summed E-state index contributed by atoms with van der Waals surface area (Å²) in [5.41, 5.74) is -1.46. The molecule has 1 atom stereocenters. The topological polar surface area (TPSA) is 66.5 Å². The zero-order valence-corrected chi connectivity index (χ0v) is 15.1. The third-order valence-electron chi connectivity index (χ3n) is 4.15. The molecular formula is C16H20F4N2O3S. The van der Waals surface area contributed by atoms with Gasteiger partial charge in [-0.25, -0.2) is 12.8 Å². The highest BCUT2D eigenvalue weighted by Gasteiger charge is 2.40. The van der Waals surface area contributed by atoms with Gasteiger partial charge >= 0.3 is 6.18 Å². The van der Waals surface area contributed by atoms with E-state index in [0.717, 1.165) is 16.4 Å². The Balaban J connectivity index is 2.19. The largest absolute Gasteiger partial charge is 0.416 e. The summed E-state index contributed by atoms with van der Waals surface area (Å²) in [5, 5.41) is 2.36. The fourth-order valence-corrected chi connectivity index (χ4v) is 5.05. The van der Waals surface area contributed by atoms with Gasteiger partial charge in [0.05, 0.1) is 11.3 Å². The Bertz CT molecular complexity index is 778. The molecule has 1 aliphatic heterocycles. The number of nitrogens with zero attached hydrogens (tertiary/aromatic N) is 1. The van der Waals surface area contributed by atoms with Crippen molar-refractivity contribution in [2.24, 2.45) is 0 Å². The summed E-state index contributed by atoms with van der Waals surface area (Å²) in [6.45, 7) is 2.78. The zero-order chi connectivity index (χ0) is 19.7. The van der Waals surface area contributed by atoms with Crippen LogP contribution >= 0.6 is 0 Å². The van der Waals surface area contributed by atoms with E-state index in [4.69, 9.17) is 0 Å². The minimum absolute atomic E-state index is 0.0643. The van der Waals surface area contributed by atoms with Crippen molar-refractivity contribution < 1.29 is 30.8 Å². The maximum absolute atomic E-state index is 13.1. The number of carbonyl (C=O) groups is 1. The van der Waals surface area contributed by atoms with Gasteiger partial charge in [0, 0.05) is 12.6 Å². The number of amides is 1. The first-order valence-electron chi connectivity index (χ1n) is 8.08. The van der Waals surface area contributed by atoms with Crippen molar-refractivity contribution in [2.45, 2.75) is 51.5 Å². The van der Waals surface area contributed by atoms with Gasteiger partial charge in [0.2, 0.25) is 15.9 Å². The Hall–Kier alpha value is -1.68. The highest BCUT2D eigenvalue weighted by atomic mass is 32.2. The first kappa shape index (κ1) is 20.6. The first-order valence-corrected chi connectivity index (χ1v) is 9.69.